The lowest BCUT2D eigenvalue weighted by atomic mass is 9.92. The second-order valence-corrected chi connectivity index (χ2v) is 18.4. The Morgan fingerprint density at radius 3 is 1.18 bits per heavy atom. The van der Waals surface area contributed by atoms with Crippen LogP contribution in [0.1, 0.15) is 246 Å². The highest BCUT2D eigenvalue weighted by atomic mass is 16.7. The molecule has 0 aromatic carbocycles. The summed E-state index contributed by atoms with van der Waals surface area (Å²) in [7, 11) is 0. The summed E-state index contributed by atoms with van der Waals surface area (Å²) >= 11 is 0. The Hall–Kier alpha value is -1.58. The minimum atomic E-state index is -0.500. The number of carbonyl (C=O) groups excluding carboxylic acids is 2. The van der Waals surface area contributed by atoms with Crippen molar-refractivity contribution in [2.45, 2.75) is 252 Å². The lowest BCUT2D eigenvalue weighted by Gasteiger charge is -2.19. The lowest BCUT2D eigenvalue weighted by molar-refractivity contribution is -0.0968. The average molecular weight is 868 g/mol. The van der Waals surface area contributed by atoms with Gasteiger partial charge in [-0.05, 0) is 76.3 Å². The minimum absolute atomic E-state index is 0.247. The van der Waals surface area contributed by atoms with Crippen LogP contribution in [0.5, 0.6) is 0 Å². The normalized spacial score (nSPS) is 13.2. The van der Waals surface area contributed by atoms with E-state index in [9.17, 15) is 9.59 Å². The van der Waals surface area contributed by atoms with Crippen molar-refractivity contribution in [3.8, 4) is 0 Å². The molecule has 0 aliphatic carbocycles. The van der Waals surface area contributed by atoms with E-state index in [2.05, 4.69) is 32.6 Å². The fourth-order valence-corrected chi connectivity index (χ4v) is 8.69. The highest BCUT2D eigenvalue weighted by Gasteiger charge is 2.14. The molecule has 61 heavy (non-hydrogen) atoms. The van der Waals surface area contributed by atoms with Gasteiger partial charge in [0.15, 0.2) is 0 Å². The number of nitrogens with zero attached hydrogens (tertiary/aromatic N) is 1. The molecule has 1 aliphatic heterocycles. The summed E-state index contributed by atoms with van der Waals surface area (Å²) in [5.74, 6) is 1.32. The zero-order chi connectivity index (χ0) is 44.1. The molecule has 1 fully saturated rings. The van der Waals surface area contributed by atoms with Crippen LogP contribution in [0.2, 0.25) is 0 Å². The molecule has 0 amide bonds. The standard InChI is InChI=1S/C52H101NO8/c1-5-9-21-31-48(32-22-10-6-2)37-44-59-51(54)57-42-29-19-15-13-17-25-35-50(61-47-56-46-41-53-39-27-28-40-53)36-26-18-14-16-20-30-43-58-52(55)60-45-38-49(33-23-11-7-3)34-24-12-8-4/h48-50H,5-47H2,1-4H3. The fraction of sp³-hybridized carbons (Fsp3) is 0.962. The van der Waals surface area contributed by atoms with Crippen LogP contribution in [-0.4, -0.2) is 82.8 Å². The van der Waals surface area contributed by atoms with Gasteiger partial charge >= 0.3 is 12.3 Å². The maximum Gasteiger partial charge on any atom is 0.508 e. The van der Waals surface area contributed by atoms with Gasteiger partial charge in [-0.25, -0.2) is 9.59 Å². The summed E-state index contributed by atoms with van der Waals surface area (Å²) in [6.45, 7) is 15.4. The Kier molecular flexibility index (Phi) is 42.4. The van der Waals surface area contributed by atoms with Crippen molar-refractivity contribution in [1.29, 1.82) is 0 Å². The number of carbonyl (C=O) groups is 2. The second kappa shape index (κ2) is 45.0. The largest absolute Gasteiger partial charge is 0.508 e. The highest BCUT2D eigenvalue weighted by molar-refractivity contribution is 5.60. The smallest absolute Gasteiger partial charge is 0.434 e. The zero-order valence-electron chi connectivity index (χ0n) is 40.9. The van der Waals surface area contributed by atoms with Crippen molar-refractivity contribution >= 4 is 12.3 Å². The van der Waals surface area contributed by atoms with Crippen LogP contribution in [-0.2, 0) is 28.4 Å². The number of likely N-dealkylation sites (tertiary alicyclic amines) is 1. The monoisotopic (exact) mass is 868 g/mol. The molecular formula is C52H101NO8. The molecule has 1 heterocycles. The zero-order valence-corrected chi connectivity index (χ0v) is 40.9. The summed E-state index contributed by atoms with van der Waals surface area (Å²) in [5.41, 5.74) is 0. The Morgan fingerprint density at radius 2 is 0.770 bits per heavy atom. The van der Waals surface area contributed by atoms with E-state index < -0.39 is 12.3 Å². The molecule has 0 aromatic heterocycles. The van der Waals surface area contributed by atoms with Gasteiger partial charge in [0, 0.05) is 6.54 Å². The maximum atomic E-state index is 12.1. The Bertz CT molecular complexity index is 851. The van der Waals surface area contributed by atoms with Gasteiger partial charge in [-0.2, -0.15) is 0 Å². The first-order valence-electron chi connectivity index (χ1n) is 26.5. The first kappa shape index (κ1) is 57.4. The van der Waals surface area contributed by atoms with Crippen LogP contribution < -0.4 is 0 Å². The predicted octanol–water partition coefficient (Wildman–Crippen LogP) is 15.5. The predicted molar refractivity (Wildman–Crippen MR) is 253 cm³/mol. The van der Waals surface area contributed by atoms with E-state index in [1.807, 2.05) is 0 Å². The van der Waals surface area contributed by atoms with Crippen LogP contribution in [0.3, 0.4) is 0 Å². The number of hydrogen-bond donors (Lipinski definition) is 0. The van der Waals surface area contributed by atoms with Gasteiger partial charge in [0.05, 0.1) is 39.1 Å². The van der Waals surface area contributed by atoms with Crippen molar-refractivity contribution in [2.75, 3.05) is 59.5 Å². The van der Waals surface area contributed by atoms with E-state index in [1.165, 1.54) is 167 Å². The molecule has 1 aliphatic rings. The van der Waals surface area contributed by atoms with Crippen molar-refractivity contribution in [1.82, 2.24) is 4.90 Å². The summed E-state index contributed by atoms with van der Waals surface area (Å²) in [5, 5.41) is 0. The van der Waals surface area contributed by atoms with Crippen LogP contribution in [0, 0.1) is 11.8 Å². The molecule has 0 spiro atoms. The molecule has 362 valence electrons. The molecule has 0 aromatic rings. The van der Waals surface area contributed by atoms with Gasteiger partial charge in [-0.15, -0.1) is 0 Å². The molecule has 9 heteroatoms. The lowest BCUT2D eigenvalue weighted by Crippen LogP contribution is -2.25. The molecule has 9 nitrogen and oxygen atoms in total. The van der Waals surface area contributed by atoms with Gasteiger partial charge in [0.1, 0.15) is 6.79 Å². The van der Waals surface area contributed by atoms with Crippen LogP contribution in [0.15, 0.2) is 0 Å². The average Bonchev–Trinajstić information content (AvgIpc) is 3.78. The van der Waals surface area contributed by atoms with Crippen LogP contribution >= 0.6 is 0 Å². The molecule has 0 bridgehead atoms. The third-order valence-corrected chi connectivity index (χ3v) is 12.8. The number of ether oxygens (including phenoxy) is 6. The van der Waals surface area contributed by atoms with Crippen molar-refractivity contribution in [3.63, 3.8) is 0 Å². The maximum absolute atomic E-state index is 12.1. The van der Waals surface area contributed by atoms with E-state index in [-0.39, 0.29) is 6.10 Å². The van der Waals surface area contributed by atoms with Crippen molar-refractivity contribution in [2.24, 2.45) is 11.8 Å². The van der Waals surface area contributed by atoms with E-state index in [4.69, 9.17) is 28.4 Å². The topological polar surface area (TPSA) is 92.8 Å². The fourth-order valence-electron chi connectivity index (χ4n) is 8.69. The van der Waals surface area contributed by atoms with E-state index in [1.54, 1.807) is 0 Å². The number of hydrogen-bond acceptors (Lipinski definition) is 9. The van der Waals surface area contributed by atoms with Crippen molar-refractivity contribution < 1.29 is 38.0 Å². The molecule has 1 saturated heterocycles. The molecular weight excluding hydrogens is 767 g/mol. The van der Waals surface area contributed by atoms with Gasteiger partial charge < -0.3 is 33.3 Å². The third-order valence-electron chi connectivity index (χ3n) is 12.8. The summed E-state index contributed by atoms with van der Waals surface area (Å²) in [6.07, 6.45) is 39.5. The molecule has 0 radical (unpaired) electrons. The molecule has 0 atom stereocenters. The molecule has 0 saturated carbocycles. The molecule has 0 unspecified atom stereocenters. The van der Waals surface area contributed by atoms with Gasteiger partial charge in [-0.3, -0.25) is 0 Å². The number of rotatable bonds is 46. The highest BCUT2D eigenvalue weighted by Crippen LogP contribution is 2.23. The minimum Gasteiger partial charge on any atom is -0.434 e. The number of unbranched alkanes of at least 4 members (excludes halogenated alkanes) is 18. The molecule has 1 rings (SSSR count). The van der Waals surface area contributed by atoms with Crippen LogP contribution in [0.25, 0.3) is 0 Å². The van der Waals surface area contributed by atoms with E-state index in [0.717, 1.165) is 77.4 Å². The van der Waals surface area contributed by atoms with E-state index >= 15 is 0 Å². The quantitative estimate of drug-likeness (QED) is 0.0337. The third kappa shape index (κ3) is 38.6. The summed E-state index contributed by atoms with van der Waals surface area (Å²) < 4.78 is 33.8. The Morgan fingerprint density at radius 1 is 0.410 bits per heavy atom. The Labute approximate surface area is 377 Å². The van der Waals surface area contributed by atoms with Crippen molar-refractivity contribution in [3.05, 3.63) is 0 Å². The van der Waals surface area contributed by atoms with Crippen LogP contribution in [0.4, 0.5) is 9.59 Å². The summed E-state index contributed by atoms with van der Waals surface area (Å²) in [4.78, 5) is 26.8. The van der Waals surface area contributed by atoms with E-state index in [0.29, 0.717) is 45.1 Å². The first-order chi connectivity index (χ1) is 30.0. The van der Waals surface area contributed by atoms with Gasteiger partial charge in [0.2, 0.25) is 0 Å². The SMILES string of the molecule is CCCCCC(CCCCC)CCOC(=O)OCCCCCCCCC(CCCCCCCCOC(=O)OCCC(CCCCC)CCCCC)OCOCCN1CCCC1. The summed E-state index contributed by atoms with van der Waals surface area (Å²) in [6, 6.07) is 0. The Balaban J connectivity index is 2.18. The first-order valence-corrected chi connectivity index (χ1v) is 26.5. The second-order valence-electron chi connectivity index (χ2n) is 18.4. The van der Waals surface area contributed by atoms with Gasteiger partial charge in [0.25, 0.3) is 0 Å². The molecule has 0 N–H and O–H groups in total. The van der Waals surface area contributed by atoms with Gasteiger partial charge in [-0.1, -0.05) is 195 Å².